The van der Waals surface area contributed by atoms with Gasteiger partial charge in [-0.05, 0) is 19.3 Å². The summed E-state index contributed by atoms with van der Waals surface area (Å²) in [5, 5.41) is 136. The highest BCUT2D eigenvalue weighted by atomic mass is 16.8. The Morgan fingerprint density at radius 2 is 1.07 bits per heavy atom. The van der Waals surface area contributed by atoms with Crippen molar-refractivity contribution in [3.8, 4) is 0 Å². The van der Waals surface area contributed by atoms with Gasteiger partial charge >= 0.3 is 5.97 Å². The number of ether oxygens (including phenoxy) is 6. The maximum absolute atomic E-state index is 13.4. The van der Waals surface area contributed by atoms with Gasteiger partial charge in [0.1, 0.15) is 67.1 Å². The van der Waals surface area contributed by atoms with Crippen molar-refractivity contribution < 1.29 is 104 Å². The fourth-order valence-electron chi connectivity index (χ4n) is 11.8. The molecule has 0 radical (unpaired) electrons. The van der Waals surface area contributed by atoms with E-state index in [0.29, 0.717) is 12.8 Å². The Bertz CT molecular complexity index is 1820. The maximum Gasteiger partial charge on any atom is 0.364 e. The normalized spacial score (nSPS) is 29.2. The molecule has 2 amide bonds. The number of carbonyl (C=O) groups is 3. The average Bonchev–Trinajstić information content (AvgIpc) is 1.10. The number of hydrogen-bond acceptors (Lipinski definition) is 20. The van der Waals surface area contributed by atoms with Gasteiger partial charge in [0.15, 0.2) is 12.6 Å². The van der Waals surface area contributed by atoms with Crippen LogP contribution < -0.4 is 10.6 Å². The highest BCUT2D eigenvalue weighted by Gasteiger charge is 2.60. The van der Waals surface area contributed by atoms with Crippen molar-refractivity contribution >= 4 is 17.8 Å². The lowest BCUT2D eigenvalue weighted by Crippen LogP contribution is -2.70. The van der Waals surface area contributed by atoms with Crippen molar-refractivity contribution in [3.05, 3.63) is 12.2 Å². The number of nitrogens with one attached hydrogen (secondary N) is 2. The maximum atomic E-state index is 13.4. The van der Waals surface area contributed by atoms with E-state index in [1.165, 1.54) is 148 Å². The van der Waals surface area contributed by atoms with E-state index < -0.39 is 155 Å². The molecule has 3 saturated heterocycles. The van der Waals surface area contributed by atoms with Crippen molar-refractivity contribution in [2.45, 2.75) is 349 Å². The Labute approximate surface area is 518 Å². The van der Waals surface area contributed by atoms with Crippen LogP contribution in [0, 0.1) is 0 Å². The van der Waals surface area contributed by atoms with Crippen LogP contribution >= 0.6 is 0 Å². The van der Waals surface area contributed by atoms with Crippen molar-refractivity contribution in [3.63, 3.8) is 0 Å². The summed E-state index contributed by atoms with van der Waals surface area (Å²) in [6.45, 7) is 2.11. The summed E-state index contributed by atoms with van der Waals surface area (Å²) in [6, 6.07) is -2.61. The quantitative estimate of drug-likeness (QED) is 0.0278. The Morgan fingerprint density at radius 3 is 1.53 bits per heavy atom. The lowest BCUT2D eigenvalue weighted by atomic mass is 9.88. The van der Waals surface area contributed by atoms with Crippen LogP contribution in [0.3, 0.4) is 0 Å². The number of aliphatic carboxylic acids is 1. The second-order valence-electron chi connectivity index (χ2n) is 24.7. The molecular formula is C64H118N2O21. The molecule has 3 aliphatic rings. The molecule has 23 nitrogen and oxygen atoms in total. The minimum Gasteiger partial charge on any atom is -0.477 e. The minimum atomic E-state index is -3.08. The molecule has 0 aromatic rings. The second kappa shape index (κ2) is 45.7. The summed E-state index contributed by atoms with van der Waals surface area (Å²) in [7, 11) is 0. The summed E-state index contributed by atoms with van der Waals surface area (Å²) in [6.07, 6.45) is 12.8. The van der Waals surface area contributed by atoms with E-state index in [9.17, 15) is 75.7 Å². The van der Waals surface area contributed by atoms with Gasteiger partial charge in [0.05, 0.1) is 50.7 Å². The molecule has 3 heterocycles. The Hall–Kier alpha value is -2.53. The van der Waals surface area contributed by atoms with Crippen molar-refractivity contribution in [2.75, 3.05) is 26.4 Å². The molecular weight excluding hydrogens is 1130 g/mol. The van der Waals surface area contributed by atoms with E-state index in [2.05, 4.69) is 24.5 Å². The van der Waals surface area contributed by atoms with Gasteiger partial charge in [0.2, 0.25) is 11.8 Å². The van der Waals surface area contributed by atoms with Crippen LogP contribution in [0.4, 0.5) is 0 Å². The number of carboxylic acids is 1. The molecule has 87 heavy (non-hydrogen) atoms. The number of aliphatic hydroxyl groups excluding tert-OH is 11. The zero-order chi connectivity index (χ0) is 64.0. The van der Waals surface area contributed by atoms with Crippen molar-refractivity contribution in [2.24, 2.45) is 0 Å². The molecule has 3 rings (SSSR count). The first-order valence-electron chi connectivity index (χ1n) is 33.6. The average molecular weight is 1250 g/mol. The predicted molar refractivity (Wildman–Crippen MR) is 325 cm³/mol. The number of hydrogen-bond donors (Lipinski definition) is 14. The Morgan fingerprint density at radius 1 is 0.598 bits per heavy atom. The molecule has 18 unspecified atom stereocenters. The fraction of sp³-hybridized carbons (Fsp3) is 0.922. The van der Waals surface area contributed by atoms with Gasteiger partial charge in [-0.25, -0.2) is 4.79 Å². The molecule has 510 valence electrons. The molecule has 3 aliphatic heterocycles. The van der Waals surface area contributed by atoms with Crippen LogP contribution in [0.25, 0.3) is 0 Å². The molecule has 0 spiro atoms. The number of rotatable bonds is 50. The van der Waals surface area contributed by atoms with Crippen LogP contribution in [0.1, 0.15) is 239 Å². The topological polar surface area (TPSA) is 373 Å². The number of unbranched alkanes of at least 4 members (excludes halogenated alkanes) is 30. The predicted octanol–water partition coefficient (Wildman–Crippen LogP) is 5.12. The zero-order valence-corrected chi connectivity index (χ0v) is 52.9. The van der Waals surface area contributed by atoms with Gasteiger partial charge in [-0.2, -0.15) is 0 Å². The summed E-state index contributed by atoms with van der Waals surface area (Å²) >= 11 is 0. The third kappa shape index (κ3) is 28.9. The van der Waals surface area contributed by atoms with Gasteiger partial charge in [-0.1, -0.05) is 212 Å². The lowest BCUT2D eigenvalue weighted by Gasteiger charge is -2.50. The molecule has 0 aromatic heterocycles. The molecule has 0 bridgehead atoms. The minimum absolute atomic E-state index is 0.205. The Balaban J connectivity index is 1.58. The van der Waals surface area contributed by atoms with E-state index in [0.717, 1.165) is 51.9 Å². The molecule has 0 saturated carbocycles. The van der Waals surface area contributed by atoms with E-state index in [-0.39, 0.29) is 12.3 Å². The third-order valence-corrected chi connectivity index (χ3v) is 17.2. The first-order chi connectivity index (χ1) is 41.9. The summed E-state index contributed by atoms with van der Waals surface area (Å²) in [4.78, 5) is 38.4. The molecule has 18 atom stereocenters. The third-order valence-electron chi connectivity index (χ3n) is 17.2. The van der Waals surface area contributed by atoms with Crippen LogP contribution in [0.5, 0.6) is 0 Å². The van der Waals surface area contributed by atoms with Crippen molar-refractivity contribution in [1.82, 2.24) is 10.6 Å². The van der Waals surface area contributed by atoms with Gasteiger partial charge in [0, 0.05) is 19.8 Å². The van der Waals surface area contributed by atoms with Crippen LogP contribution in [-0.4, -0.2) is 215 Å². The summed E-state index contributed by atoms with van der Waals surface area (Å²) in [5.74, 6) is -6.14. The van der Waals surface area contributed by atoms with E-state index in [1.54, 1.807) is 6.08 Å². The van der Waals surface area contributed by atoms with Crippen LogP contribution in [0.15, 0.2) is 12.2 Å². The first kappa shape index (κ1) is 78.7. The Kier molecular flexibility index (Phi) is 41.3. The second-order valence-corrected chi connectivity index (χ2v) is 24.7. The number of allylic oxidation sites excluding steroid dienone is 1. The molecule has 0 aliphatic carbocycles. The molecule has 14 N–H and O–H groups in total. The SMILES string of the molecule is CCCCCCCCCCC/C=C/C(O)C(COC1OC(CO)C(OC2OC(CO)C(O)C(OC3(C(=O)O)CC(O)C(NC(C)=O)C(C(O)C(O)CO)O3)C2O)C(O)C1O)NC(=O)CCCCCCCCCCCCCCCCCCCCCCCC. The summed E-state index contributed by atoms with van der Waals surface area (Å²) in [5.41, 5.74) is 0. The van der Waals surface area contributed by atoms with Gasteiger partial charge in [-0.3, -0.25) is 9.59 Å². The smallest absolute Gasteiger partial charge is 0.364 e. The largest absolute Gasteiger partial charge is 0.477 e. The lowest BCUT2D eigenvalue weighted by molar-refractivity contribution is -0.386. The zero-order valence-electron chi connectivity index (χ0n) is 52.9. The monoisotopic (exact) mass is 1250 g/mol. The van der Waals surface area contributed by atoms with Gasteiger partial charge < -0.3 is 100 Å². The van der Waals surface area contributed by atoms with Gasteiger partial charge in [-0.15, -0.1) is 0 Å². The number of amides is 2. The highest BCUT2D eigenvalue weighted by molar-refractivity contribution is 5.77. The molecule has 23 heteroatoms. The first-order valence-corrected chi connectivity index (χ1v) is 33.6. The molecule has 3 fully saturated rings. The number of carboxylic acid groups (broad SMARTS) is 1. The highest BCUT2D eigenvalue weighted by Crippen LogP contribution is 2.39. The van der Waals surface area contributed by atoms with E-state index in [1.807, 2.05) is 6.08 Å². The van der Waals surface area contributed by atoms with Crippen molar-refractivity contribution in [1.29, 1.82) is 0 Å². The number of aliphatic hydroxyl groups is 11. The standard InChI is InChI=1S/C64H118N2O21/c1-4-6-8-10-12-14-16-17-18-19-20-21-22-23-24-25-26-28-30-32-34-36-38-51(74)66-45(46(71)37-35-33-31-29-27-15-13-11-9-7-5-2)43-82-61-56(78)55(77)58(50(42-69)84-61)85-62-57(79)60(54(76)49(41-68)83-62)87-64(63(80)81)39-47(72)52(65-44(3)70)59(86-64)53(75)48(73)40-67/h35,37,45-50,52-62,67-69,71-73,75-79H,4-34,36,38-43H2,1-3H3,(H,65,70)(H,66,74)(H,80,81)/b37-35+. The van der Waals surface area contributed by atoms with Crippen LogP contribution in [0.2, 0.25) is 0 Å². The van der Waals surface area contributed by atoms with Crippen LogP contribution in [-0.2, 0) is 42.8 Å². The van der Waals surface area contributed by atoms with Gasteiger partial charge in [0.25, 0.3) is 5.79 Å². The fourth-order valence-corrected chi connectivity index (χ4v) is 11.8. The van der Waals surface area contributed by atoms with E-state index in [4.69, 9.17) is 28.4 Å². The molecule has 0 aromatic carbocycles. The number of carbonyl (C=O) groups excluding carboxylic acids is 2. The van der Waals surface area contributed by atoms with E-state index >= 15 is 0 Å². The summed E-state index contributed by atoms with van der Waals surface area (Å²) < 4.78 is 34.7.